The summed E-state index contributed by atoms with van der Waals surface area (Å²) in [5.74, 6) is 0.502. The highest BCUT2D eigenvalue weighted by atomic mass is 32.1. The van der Waals surface area contributed by atoms with Crippen molar-refractivity contribution >= 4 is 28.2 Å². The van der Waals surface area contributed by atoms with Gasteiger partial charge in [0.05, 0.1) is 12.1 Å². The summed E-state index contributed by atoms with van der Waals surface area (Å²) in [7, 11) is 0. The van der Waals surface area contributed by atoms with E-state index in [1.807, 2.05) is 0 Å². The Morgan fingerprint density at radius 3 is 2.28 bits per heavy atom. The molecule has 0 aliphatic heterocycles. The highest BCUT2D eigenvalue weighted by Gasteiger charge is 2.25. The normalized spacial score (nSPS) is 14.2. The van der Waals surface area contributed by atoms with Crippen LogP contribution in [0.25, 0.3) is 0 Å². The number of nitrogens with one attached hydrogen (secondary N) is 1. The first-order valence-electron chi connectivity index (χ1n) is 9.24. The minimum absolute atomic E-state index is 0.0672. The van der Waals surface area contributed by atoms with Crippen molar-refractivity contribution in [1.82, 2.24) is 4.90 Å². The largest absolute Gasteiger partial charge is 0.365 e. The third-order valence-corrected chi connectivity index (χ3v) is 5.49. The number of fused-ring (bicyclic) bond motifs is 1. The van der Waals surface area contributed by atoms with Crippen LogP contribution in [0.2, 0.25) is 0 Å². The molecule has 0 saturated heterocycles. The number of hydrogen-bond donors (Lipinski definition) is 2. The van der Waals surface area contributed by atoms with E-state index in [0.717, 1.165) is 44.3 Å². The molecule has 1 aliphatic rings. The monoisotopic (exact) mass is 365 g/mol. The number of nitrogens with two attached hydrogens (primary N) is 1. The molecule has 1 aromatic rings. The number of carbonyl (C=O) groups is 2. The van der Waals surface area contributed by atoms with Gasteiger partial charge in [0.15, 0.2) is 0 Å². The third-order valence-electron chi connectivity index (χ3n) is 4.28. The van der Waals surface area contributed by atoms with Crippen LogP contribution in [0, 0.1) is 11.8 Å². The molecule has 6 heteroatoms. The van der Waals surface area contributed by atoms with Crippen molar-refractivity contribution in [2.45, 2.75) is 53.4 Å². The summed E-state index contributed by atoms with van der Waals surface area (Å²) in [6.07, 6.45) is 4.07. The Bertz CT molecular complexity index is 612. The van der Waals surface area contributed by atoms with Crippen molar-refractivity contribution in [1.29, 1.82) is 0 Å². The average molecular weight is 366 g/mol. The molecule has 2 rings (SSSR count). The fourth-order valence-corrected chi connectivity index (χ4v) is 4.83. The predicted molar refractivity (Wildman–Crippen MR) is 104 cm³/mol. The number of thiophene rings is 1. The zero-order valence-corrected chi connectivity index (χ0v) is 16.7. The summed E-state index contributed by atoms with van der Waals surface area (Å²) in [6, 6.07) is 0. The summed E-state index contributed by atoms with van der Waals surface area (Å²) < 4.78 is 0. The van der Waals surface area contributed by atoms with Crippen LogP contribution in [-0.2, 0) is 17.6 Å². The molecule has 3 N–H and O–H groups in total. The summed E-state index contributed by atoms with van der Waals surface area (Å²) in [4.78, 5) is 27.9. The molecule has 0 unspecified atom stereocenters. The second-order valence-corrected chi connectivity index (χ2v) is 8.91. The molecule has 0 radical (unpaired) electrons. The number of amides is 2. The molecule has 25 heavy (non-hydrogen) atoms. The molecule has 0 atom stereocenters. The fourth-order valence-electron chi connectivity index (χ4n) is 3.52. The molecular weight excluding hydrogens is 334 g/mol. The van der Waals surface area contributed by atoms with Gasteiger partial charge in [-0.15, -0.1) is 11.3 Å². The molecule has 1 aromatic heterocycles. The van der Waals surface area contributed by atoms with E-state index in [4.69, 9.17) is 5.73 Å². The zero-order chi connectivity index (χ0) is 18.6. The molecule has 140 valence electrons. The Kier molecular flexibility index (Phi) is 7.02. The highest BCUT2D eigenvalue weighted by Crippen LogP contribution is 2.37. The van der Waals surface area contributed by atoms with Gasteiger partial charge in [-0.3, -0.25) is 14.5 Å². The van der Waals surface area contributed by atoms with Gasteiger partial charge in [0.1, 0.15) is 5.00 Å². The first-order chi connectivity index (χ1) is 11.8. The molecule has 0 saturated carbocycles. The molecule has 5 nitrogen and oxygen atoms in total. The van der Waals surface area contributed by atoms with Crippen molar-refractivity contribution in [3.63, 3.8) is 0 Å². The van der Waals surface area contributed by atoms with E-state index in [1.165, 1.54) is 16.2 Å². The van der Waals surface area contributed by atoms with Crippen molar-refractivity contribution < 1.29 is 9.59 Å². The van der Waals surface area contributed by atoms with Crippen LogP contribution < -0.4 is 11.1 Å². The number of rotatable bonds is 8. The van der Waals surface area contributed by atoms with E-state index in [1.54, 1.807) is 0 Å². The Hall–Kier alpha value is -1.40. The SMILES string of the molecule is CC(C)CN(CC(=O)Nc1sc2c(c1C(N)=O)CCCC2)CC(C)C. The van der Waals surface area contributed by atoms with Gasteiger partial charge < -0.3 is 11.1 Å². The van der Waals surface area contributed by atoms with Gasteiger partial charge in [-0.05, 0) is 43.1 Å². The summed E-state index contributed by atoms with van der Waals surface area (Å²) >= 11 is 1.52. The molecule has 0 aromatic carbocycles. The van der Waals surface area contributed by atoms with Gasteiger partial charge >= 0.3 is 0 Å². The topological polar surface area (TPSA) is 75.4 Å². The molecule has 2 amide bonds. The van der Waals surface area contributed by atoms with E-state index in [9.17, 15) is 9.59 Å². The first-order valence-corrected chi connectivity index (χ1v) is 10.1. The number of primary amides is 1. The van der Waals surface area contributed by atoms with Crippen molar-refractivity contribution in [2.75, 3.05) is 25.0 Å². The maximum absolute atomic E-state index is 12.6. The molecule has 1 heterocycles. The third kappa shape index (κ3) is 5.54. The van der Waals surface area contributed by atoms with Crippen LogP contribution in [0.15, 0.2) is 0 Å². The minimum atomic E-state index is -0.434. The summed E-state index contributed by atoms with van der Waals surface area (Å²) in [6.45, 7) is 10.7. The standard InChI is InChI=1S/C19H31N3O2S/c1-12(2)9-22(10-13(3)4)11-16(23)21-19-17(18(20)24)14-7-5-6-8-15(14)25-19/h12-13H,5-11H2,1-4H3,(H2,20,24)(H,21,23). The van der Waals surface area contributed by atoms with Crippen molar-refractivity contribution in [2.24, 2.45) is 17.6 Å². The summed E-state index contributed by atoms with van der Waals surface area (Å²) in [5.41, 5.74) is 7.19. The lowest BCUT2D eigenvalue weighted by atomic mass is 9.95. The van der Waals surface area contributed by atoms with E-state index < -0.39 is 5.91 Å². The Morgan fingerprint density at radius 1 is 1.12 bits per heavy atom. The second-order valence-electron chi connectivity index (χ2n) is 7.81. The maximum Gasteiger partial charge on any atom is 0.251 e. The minimum Gasteiger partial charge on any atom is -0.365 e. The lowest BCUT2D eigenvalue weighted by Crippen LogP contribution is -2.38. The molecule has 0 fully saturated rings. The van der Waals surface area contributed by atoms with Crippen LogP contribution in [0.4, 0.5) is 5.00 Å². The predicted octanol–water partition coefficient (Wildman–Crippen LogP) is 3.28. The smallest absolute Gasteiger partial charge is 0.251 e. The summed E-state index contributed by atoms with van der Waals surface area (Å²) in [5, 5.41) is 3.60. The lowest BCUT2D eigenvalue weighted by Gasteiger charge is -2.25. The Balaban J connectivity index is 2.11. The molecule has 0 bridgehead atoms. The Morgan fingerprint density at radius 2 is 1.72 bits per heavy atom. The number of nitrogens with zero attached hydrogens (tertiary/aromatic N) is 1. The average Bonchev–Trinajstić information content (AvgIpc) is 2.83. The molecule has 0 spiro atoms. The highest BCUT2D eigenvalue weighted by molar-refractivity contribution is 7.17. The van der Waals surface area contributed by atoms with E-state index in [2.05, 4.69) is 37.9 Å². The van der Waals surface area contributed by atoms with Crippen LogP contribution in [0.1, 0.15) is 61.3 Å². The molecular formula is C19H31N3O2S. The van der Waals surface area contributed by atoms with Crippen LogP contribution in [-0.4, -0.2) is 36.3 Å². The van der Waals surface area contributed by atoms with E-state index >= 15 is 0 Å². The lowest BCUT2D eigenvalue weighted by molar-refractivity contribution is -0.117. The zero-order valence-electron chi connectivity index (χ0n) is 15.9. The van der Waals surface area contributed by atoms with E-state index in [-0.39, 0.29) is 5.91 Å². The fraction of sp³-hybridized carbons (Fsp3) is 0.684. The van der Waals surface area contributed by atoms with Gasteiger partial charge in [0.2, 0.25) is 5.91 Å². The van der Waals surface area contributed by atoms with E-state index in [0.29, 0.717) is 28.9 Å². The maximum atomic E-state index is 12.6. The van der Waals surface area contributed by atoms with Gasteiger partial charge in [0.25, 0.3) is 5.91 Å². The number of carbonyl (C=O) groups excluding carboxylic acids is 2. The molecule has 1 aliphatic carbocycles. The quantitative estimate of drug-likeness (QED) is 0.742. The van der Waals surface area contributed by atoms with Gasteiger partial charge in [-0.25, -0.2) is 0 Å². The number of anilines is 1. The van der Waals surface area contributed by atoms with Gasteiger partial charge in [-0.2, -0.15) is 0 Å². The van der Waals surface area contributed by atoms with Crippen molar-refractivity contribution in [3.8, 4) is 0 Å². The van der Waals surface area contributed by atoms with Crippen LogP contribution in [0.5, 0.6) is 0 Å². The number of hydrogen-bond acceptors (Lipinski definition) is 4. The van der Waals surface area contributed by atoms with Crippen LogP contribution in [0.3, 0.4) is 0 Å². The van der Waals surface area contributed by atoms with Gasteiger partial charge in [0, 0.05) is 18.0 Å². The van der Waals surface area contributed by atoms with Crippen molar-refractivity contribution in [3.05, 3.63) is 16.0 Å². The first kappa shape index (κ1) is 19.9. The van der Waals surface area contributed by atoms with Crippen LogP contribution >= 0.6 is 11.3 Å². The number of aryl methyl sites for hydroxylation is 1. The second kappa shape index (κ2) is 8.81. The Labute approximate surface area is 155 Å². The van der Waals surface area contributed by atoms with Gasteiger partial charge in [-0.1, -0.05) is 27.7 Å².